The van der Waals surface area contributed by atoms with Crippen molar-refractivity contribution in [3.05, 3.63) is 83.0 Å². The number of aromatic hydroxyl groups is 1. The van der Waals surface area contributed by atoms with Gasteiger partial charge in [0.15, 0.2) is 16.3 Å². The Morgan fingerprint density at radius 1 is 1.19 bits per heavy atom. The van der Waals surface area contributed by atoms with Crippen molar-refractivity contribution in [2.45, 2.75) is 26.8 Å². The summed E-state index contributed by atoms with van der Waals surface area (Å²) in [7, 11) is 1.55. The van der Waals surface area contributed by atoms with Crippen LogP contribution in [-0.4, -0.2) is 36.0 Å². The summed E-state index contributed by atoms with van der Waals surface area (Å²) >= 11 is 4.53. The molecule has 0 spiro atoms. The molecule has 36 heavy (non-hydrogen) atoms. The molecule has 4 rings (SSSR count). The van der Waals surface area contributed by atoms with Gasteiger partial charge in [0.25, 0.3) is 5.56 Å². The lowest BCUT2D eigenvalue weighted by Gasteiger charge is -2.25. The van der Waals surface area contributed by atoms with E-state index in [0.717, 1.165) is 5.56 Å². The number of hydrogen-bond acceptors (Lipinski definition) is 8. The minimum absolute atomic E-state index is 0.105. The summed E-state index contributed by atoms with van der Waals surface area (Å²) < 4.78 is 19.0. The van der Waals surface area contributed by atoms with E-state index in [9.17, 15) is 14.7 Å². The Balaban J connectivity index is 1.96. The number of benzene rings is 2. The van der Waals surface area contributed by atoms with Gasteiger partial charge < -0.3 is 19.3 Å². The number of nitrogens with zero attached hydrogens (tertiary/aromatic N) is 2. The number of methoxy groups -OCH3 is 1. The predicted octanol–water partition coefficient (Wildman–Crippen LogP) is 3.67. The van der Waals surface area contributed by atoms with Crippen molar-refractivity contribution in [2.24, 2.45) is 4.99 Å². The van der Waals surface area contributed by atoms with E-state index in [4.69, 9.17) is 14.2 Å². The number of ether oxygens (including phenoxy) is 3. The fourth-order valence-electron chi connectivity index (χ4n) is 4.00. The second kappa shape index (κ2) is 10.7. The van der Waals surface area contributed by atoms with Crippen molar-refractivity contribution < 1.29 is 24.1 Å². The highest BCUT2D eigenvalue weighted by Gasteiger charge is 2.34. The maximum atomic E-state index is 13.7. The number of carbonyl (C=O) groups excluding carboxylic acids is 1. The Morgan fingerprint density at radius 2 is 1.97 bits per heavy atom. The van der Waals surface area contributed by atoms with Crippen LogP contribution in [0.5, 0.6) is 17.2 Å². The molecule has 1 aromatic heterocycles. The van der Waals surface area contributed by atoms with Gasteiger partial charge >= 0.3 is 5.97 Å². The number of aromatic nitrogens is 1. The molecule has 0 fully saturated rings. The number of fused-ring (bicyclic) bond motifs is 1. The Kier molecular flexibility index (Phi) is 7.65. The first kappa shape index (κ1) is 25.7. The van der Waals surface area contributed by atoms with E-state index in [1.165, 1.54) is 15.9 Å². The van der Waals surface area contributed by atoms with E-state index >= 15 is 0 Å². The molecule has 3 aromatic rings. The first-order valence-corrected chi connectivity index (χ1v) is 12.9. The maximum Gasteiger partial charge on any atom is 0.338 e. The summed E-state index contributed by atoms with van der Waals surface area (Å²) in [6.07, 6.45) is 1.73. The molecule has 0 unspecified atom stereocenters. The van der Waals surface area contributed by atoms with Gasteiger partial charge in [-0.25, -0.2) is 9.79 Å². The van der Waals surface area contributed by atoms with Crippen LogP contribution in [0.25, 0.3) is 6.08 Å². The Hall–Kier alpha value is -3.37. The number of carbonyl (C=O) groups is 1. The van der Waals surface area contributed by atoms with Crippen LogP contribution in [0.15, 0.2) is 61.9 Å². The monoisotopic (exact) mass is 572 g/mol. The van der Waals surface area contributed by atoms with Crippen LogP contribution in [0.2, 0.25) is 0 Å². The normalized spacial score (nSPS) is 15.4. The van der Waals surface area contributed by atoms with E-state index < -0.39 is 12.0 Å². The average Bonchev–Trinajstić information content (AvgIpc) is 3.15. The molecule has 2 aromatic carbocycles. The number of rotatable bonds is 7. The molecule has 10 heteroatoms. The molecule has 1 N–H and O–H groups in total. The fraction of sp³-hybridized carbons (Fsp3) is 0.269. The van der Waals surface area contributed by atoms with Crippen molar-refractivity contribution in [1.82, 2.24) is 4.57 Å². The molecule has 0 saturated heterocycles. The molecule has 0 amide bonds. The fourth-order valence-corrected chi connectivity index (χ4v) is 5.45. The van der Waals surface area contributed by atoms with Crippen LogP contribution in [-0.2, 0) is 9.53 Å². The highest BCUT2D eigenvalue weighted by atomic mass is 79.9. The predicted molar refractivity (Wildman–Crippen MR) is 140 cm³/mol. The van der Waals surface area contributed by atoms with Crippen LogP contribution < -0.4 is 24.4 Å². The summed E-state index contributed by atoms with van der Waals surface area (Å²) in [6, 6.07) is 9.55. The largest absolute Gasteiger partial charge is 0.507 e. The first-order chi connectivity index (χ1) is 17.3. The number of allylic oxidation sites excluding steroid dienone is 1. The zero-order valence-corrected chi connectivity index (χ0v) is 22.6. The first-order valence-electron chi connectivity index (χ1n) is 11.3. The molecule has 1 aliphatic rings. The maximum absolute atomic E-state index is 13.7. The van der Waals surface area contributed by atoms with E-state index in [0.29, 0.717) is 43.2 Å². The SMILES string of the molecule is CCOC(=O)C1=C(C)N=c2s/c(=C\c3ccc(O)c(Br)c3)c(=O)n2[C@@H]1c1ccc(OC)c(OCC)c1. The molecular weight excluding hydrogens is 548 g/mol. The second-order valence-corrected chi connectivity index (χ2v) is 9.72. The van der Waals surface area contributed by atoms with Gasteiger partial charge in [-0.3, -0.25) is 9.36 Å². The molecule has 0 saturated carbocycles. The van der Waals surface area contributed by atoms with Crippen LogP contribution in [0.1, 0.15) is 37.9 Å². The standard InChI is InChI=1S/C26H25BrN2O6S/c1-5-34-20-13-16(8-10-19(20)33-4)23-22(25(32)35-6-2)14(3)28-26-29(23)24(31)21(36-26)12-15-7-9-18(30)17(27)11-15/h7-13,23,30H,5-6H2,1-4H3/b21-12-/t23-/m1/s1. The average molecular weight is 573 g/mol. The molecule has 1 aliphatic heterocycles. The van der Waals surface area contributed by atoms with Gasteiger partial charge in [-0.1, -0.05) is 23.5 Å². The van der Waals surface area contributed by atoms with Crippen molar-refractivity contribution >= 4 is 39.3 Å². The Labute approximate surface area is 219 Å². The summed E-state index contributed by atoms with van der Waals surface area (Å²) in [5.41, 5.74) is 1.86. The highest BCUT2D eigenvalue weighted by Crippen LogP contribution is 2.36. The lowest BCUT2D eigenvalue weighted by molar-refractivity contribution is -0.139. The van der Waals surface area contributed by atoms with Gasteiger partial charge in [0.1, 0.15) is 5.75 Å². The van der Waals surface area contributed by atoms with Crippen LogP contribution in [0.3, 0.4) is 0 Å². The topological polar surface area (TPSA) is 99.4 Å². The number of halogens is 1. The van der Waals surface area contributed by atoms with E-state index in [-0.39, 0.29) is 23.5 Å². The molecular formula is C26H25BrN2O6S. The third-order valence-corrected chi connectivity index (χ3v) is 7.21. The van der Waals surface area contributed by atoms with Crippen LogP contribution in [0, 0.1) is 0 Å². The van der Waals surface area contributed by atoms with Crippen molar-refractivity contribution in [1.29, 1.82) is 0 Å². The van der Waals surface area contributed by atoms with Gasteiger partial charge in [-0.05, 0) is 78.2 Å². The summed E-state index contributed by atoms with van der Waals surface area (Å²) in [5.74, 6) is 0.623. The zero-order valence-electron chi connectivity index (χ0n) is 20.2. The van der Waals surface area contributed by atoms with Crippen molar-refractivity contribution in [3.8, 4) is 17.2 Å². The number of esters is 1. The minimum atomic E-state index is -0.765. The lowest BCUT2D eigenvalue weighted by atomic mass is 9.95. The van der Waals surface area contributed by atoms with E-state index in [1.807, 2.05) is 6.92 Å². The molecule has 0 radical (unpaired) electrons. The summed E-state index contributed by atoms with van der Waals surface area (Å²) in [6.45, 7) is 5.94. The zero-order chi connectivity index (χ0) is 26.0. The van der Waals surface area contributed by atoms with Gasteiger partial charge in [0.2, 0.25) is 0 Å². The van der Waals surface area contributed by atoms with Crippen LogP contribution in [0.4, 0.5) is 0 Å². The highest BCUT2D eigenvalue weighted by molar-refractivity contribution is 9.10. The third-order valence-electron chi connectivity index (χ3n) is 5.59. The van der Waals surface area contributed by atoms with Crippen LogP contribution >= 0.6 is 27.3 Å². The van der Waals surface area contributed by atoms with Gasteiger partial charge in [0.05, 0.1) is 46.6 Å². The molecule has 188 valence electrons. The van der Waals surface area contributed by atoms with E-state index in [1.54, 1.807) is 63.4 Å². The number of phenolic OH excluding ortho intramolecular Hbond substituents is 1. The second-order valence-electron chi connectivity index (χ2n) is 7.86. The number of phenols is 1. The van der Waals surface area contributed by atoms with Crippen molar-refractivity contribution in [3.63, 3.8) is 0 Å². The van der Waals surface area contributed by atoms with Gasteiger partial charge in [-0.15, -0.1) is 0 Å². The number of thiazole rings is 1. The summed E-state index contributed by atoms with van der Waals surface area (Å²) in [5, 5.41) is 9.80. The third kappa shape index (κ3) is 4.83. The van der Waals surface area contributed by atoms with E-state index in [2.05, 4.69) is 20.9 Å². The molecule has 2 heterocycles. The number of hydrogen-bond donors (Lipinski definition) is 1. The molecule has 0 aliphatic carbocycles. The molecule has 1 atom stereocenters. The molecule has 8 nitrogen and oxygen atoms in total. The Morgan fingerprint density at radius 3 is 2.64 bits per heavy atom. The quantitative estimate of drug-likeness (QED) is 0.434. The molecule has 0 bridgehead atoms. The van der Waals surface area contributed by atoms with Gasteiger partial charge in [0, 0.05) is 0 Å². The minimum Gasteiger partial charge on any atom is -0.507 e. The van der Waals surface area contributed by atoms with Gasteiger partial charge in [-0.2, -0.15) is 0 Å². The van der Waals surface area contributed by atoms with Crippen molar-refractivity contribution in [2.75, 3.05) is 20.3 Å². The summed E-state index contributed by atoms with van der Waals surface area (Å²) in [4.78, 5) is 31.8. The smallest absolute Gasteiger partial charge is 0.338 e. The lowest BCUT2D eigenvalue weighted by Crippen LogP contribution is -2.40. The Bertz CT molecular complexity index is 1540.